The second kappa shape index (κ2) is 8.64. The molecule has 0 radical (unpaired) electrons. The predicted octanol–water partition coefficient (Wildman–Crippen LogP) is 3.67. The van der Waals surface area contributed by atoms with Gasteiger partial charge >= 0.3 is 12.2 Å². The topological polar surface area (TPSA) is 119 Å². The number of alkyl halides is 3. The number of fused-ring (bicyclic) bond motifs is 5. The molecule has 5 rings (SSSR count). The number of aryl methyl sites for hydroxylation is 2. The number of halogens is 3. The van der Waals surface area contributed by atoms with E-state index in [2.05, 4.69) is 30.4 Å². The van der Waals surface area contributed by atoms with E-state index in [-0.39, 0.29) is 17.6 Å². The van der Waals surface area contributed by atoms with Crippen LogP contribution in [0.3, 0.4) is 0 Å². The van der Waals surface area contributed by atoms with Crippen molar-refractivity contribution in [1.82, 2.24) is 25.5 Å². The number of carbonyl (C=O) groups is 2. The molecule has 2 aliphatic heterocycles. The van der Waals surface area contributed by atoms with Crippen LogP contribution < -0.4 is 20.4 Å². The first kappa shape index (κ1) is 23.8. The summed E-state index contributed by atoms with van der Waals surface area (Å²) >= 11 is 0. The molecule has 3 aromatic rings. The molecule has 5 heterocycles. The molecule has 3 aromatic heterocycles. The zero-order chi connectivity index (χ0) is 25.8. The minimum Gasteiger partial charge on any atom is -0.366 e. The number of nitrogens with zero attached hydrogens (tertiary/aromatic N) is 5. The number of hydrogen-bond acceptors (Lipinski definition) is 6. The van der Waals surface area contributed by atoms with Crippen molar-refractivity contribution < 1.29 is 22.8 Å². The fraction of sp³-hybridized carbons (Fsp3) is 0.435. The average Bonchev–Trinajstić information content (AvgIpc) is 3.19. The van der Waals surface area contributed by atoms with E-state index in [1.54, 1.807) is 19.1 Å². The minimum absolute atomic E-state index is 0.189. The zero-order valence-electron chi connectivity index (χ0n) is 19.9. The van der Waals surface area contributed by atoms with E-state index in [0.717, 1.165) is 25.6 Å². The summed E-state index contributed by atoms with van der Waals surface area (Å²) in [5.74, 6) is -0.425. The van der Waals surface area contributed by atoms with Crippen molar-refractivity contribution in [3.63, 3.8) is 0 Å². The van der Waals surface area contributed by atoms with Crippen LogP contribution in [0, 0.1) is 13.8 Å². The van der Waals surface area contributed by atoms with Gasteiger partial charge in [-0.2, -0.15) is 18.3 Å². The van der Waals surface area contributed by atoms with Gasteiger partial charge in [0.15, 0.2) is 17.3 Å². The molecular weight excluding hydrogens is 477 g/mol. The third-order valence-corrected chi connectivity index (χ3v) is 6.55. The normalized spacial score (nSPS) is 18.1. The highest BCUT2D eigenvalue weighted by atomic mass is 19.4. The maximum absolute atomic E-state index is 13.6. The molecule has 36 heavy (non-hydrogen) atoms. The Morgan fingerprint density at radius 3 is 2.75 bits per heavy atom. The van der Waals surface area contributed by atoms with Gasteiger partial charge in [0.25, 0.3) is 5.91 Å². The standard InChI is InChI=1S/C23H25F3N8O2/c1-11-9-16(21(35)28-13(3)23(24,25)26)29-20-17(11)33-8-4-5-14(10-33)34(20)22(36)30-19-15-7-6-12(2)27-18(15)31-32-19/h6-7,9,13-14H,4-5,8,10H2,1-3H3,(H,28,35)(H2,27,30,31,32,36)/t13?,14-/m0/s1. The SMILES string of the molecule is Cc1ccc2c(NC(=O)N3c4nc(C(=O)NC(C)C(F)(F)F)cc(C)c4N4CCC[C@H]3C4)n[nH]c2n1. The summed E-state index contributed by atoms with van der Waals surface area (Å²) in [7, 11) is 0. The molecule has 3 N–H and O–H groups in total. The number of aromatic amines is 1. The summed E-state index contributed by atoms with van der Waals surface area (Å²) < 4.78 is 39.0. The van der Waals surface area contributed by atoms with Gasteiger partial charge in [0.2, 0.25) is 0 Å². The van der Waals surface area contributed by atoms with Crippen LogP contribution in [0.5, 0.6) is 0 Å². The van der Waals surface area contributed by atoms with Crippen molar-refractivity contribution >= 4 is 40.3 Å². The van der Waals surface area contributed by atoms with Gasteiger partial charge in [-0.1, -0.05) is 0 Å². The van der Waals surface area contributed by atoms with E-state index >= 15 is 0 Å². The van der Waals surface area contributed by atoms with Crippen LogP contribution in [0.4, 0.5) is 35.3 Å². The molecule has 0 aromatic carbocycles. The maximum Gasteiger partial charge on any atom is 0.408 e. The third-order valence-electron chi connectivity index (χ3n) is 6.55. The van der Waals surface area contributed by atoms with Gasteiger partial charge in [0, 0.05) is 18.8 Å². The van der Waals surface area contributed by atoms with Gasteiger partial charge < -0.3 is 10.2 Å². The molecule has 2 atom stereocenters. The van der Waals surface area contributed by atoms with Crippen molar-refractivity contribution in [2.75, 3.05) is 28.2 Å². The monoisotopic (exact) mass is 502 g/mol. The number of urea groups is 1. The van der Waals surface area contributed by atoms with E-state index in [0.29, 0.717) is 41.1 Å². The molecule has 3 amide bonds. The number of aromatic nitrogens is 4. The van der Waals surface area contributed by atoms with Crippen molar-refractivity contribution in [2.24, 2.45) is 0 Å². The molecule has 13 heteroatoms. The first-order valence-corrected chi connectivity index (χ1v) is 11.6. The van der Waals surface area contributed by atoms with Crippen LogP contribution in [0.1, 0.15) is 41.5 Å². The number of anilines is 3. The lowest BCUT2D eigenvalue weighted by Crippen LogP contribution is -2.56. The summed E-state index contributed by atoms with van der Waals surface area (Å²) in [6, 6.07) is 2.30. The van der Waals surface area contributed by atoms with Crippen LogP contribution in [-0.4, -0.2) is 63.5 Å². The van der Waals surface area contributed by atoms with Gasteiger partial charge in [0.05, 0.1) is 17.1 Å². The van der Waals surface area contributed by atoms with Gasteiger partial charge in [-0.25, -0.2) is 14.8 Å². The largest absolute Gasteiger partial charge is 0.408 e. The van der Waals surface area contributed by atoms with Crippen LogP contribution in [0.15, 0.2) is 18.2 Å². The highest BCUT2D eigenvalue weighted by Gasteiger charge is 2.41. The molecule has 2 bridgehead atoms. The Labute approximate surface area is 204 Å². The lowest BCUT2D eigenvalue weighted by molar-refractivity contribution is -0.149. The van der Waals surface area contributed by atoms with Gasteiger partial charge in [0.1, 0.15) is 11.7 Å². The summed E-state index contributed by atoms with van der Waals surface area (Å²) in [6.45, 7) is 5.80. The number of hydrogen-bond donors (Lipinski definition) is 3. The van der Waals surface area contributed by atoms with E-state index in [9.17, 15) is 22.8 Å². The lowest BCUT2D eigenvalue weighted by atomic mass is 9.98. The first-order valence-electron chi connectivity index (χ1n) is 11.6. The van der Waals surface area contributed by atoms with Gasteiger partial charge in [-0.05, 0) is 57.4 Å². The molecule has 0 spiro atoms. The molecule has 0 aliphatic carbocycles. The van der Waals surface area contributed by atoms with E-state index in [1.807, 2.05) is 12.2 Å². The van der Waals surface area contributed by atoms with Gasteiger partial charge in [-0.15, -0.1) is 0 Å². The molecule has 190 valence electrons. The Morgan fingerprint density at radius 1 is 1.22 bits per heavy atom. The van der Waals surface area contributed by atoms with Crippen molar-refractivity contribution in [3.8, 4) is 0 Å². The van der Waals surface area contributed by atoms with Crippen LogP contribution in [0.25, 0.3) is 11.0 Å². The number of piperidine rings is 1. The first-order chi connectivity index (χ1) is 17.0. The number of pyridine rings is 2. The van der Waals surface area contributed by atoms with Crippen LogP contribution >= 0.6 is 0 Å². The lowest BCUT2D eigenvalue weighted by Gasteiger charge is -2.46. The Balaban J connectivity index is 1.51. The molecular formula is C23H25F3N8O2. The summed E-state index contributed by atoms with van der Waals surface area (Å²) in [5, 5.41) is 12.4. The summed E-state index contributed by atoms with van der Waals surface area (Å²) in [6.07, 6.45) is -3.02. The fourth-order valence-electron chi connectivity index (χ4n) is 4.74. The fourth-order valence-corrected chi connectivity index (χ4v) is 4.74. The number of rotatable bonds is 3. The van der Waals surface area contributed by atoms with E-state index < -0.39 is 24.2 Å². The van der Waals surface area contributed by atoms with Crippen LogP contribution in [-0.2, 0) is 0 Å². The Hall–Kier alpha value is -3.90. The highest BCUT2D eigenvalue weighted by molar-refractivity contribution is 6.08. The van der Waals surface area contributed by atoms with E-state index in [4.69, 9.17) is 0 Å². The third kappa shape index (κ3) is 4.18. The smallest absolute Gasteiger partial charge is 0.366 e. The molecule has 1 fully saturated rings. The molecule has 0 saturated carbocycles. The zero-order valence-corrected chi connectivity index (χ0v) is 19.9. The number of nitrogens with one attached hydrogen (secondary N) is 3. The second-order valence-electron chi connectivity index (χ2n) is 9.20. The molecule has 1 saturated heterocycles. The Bertz CT molecular complexity index is 1360. The average molecular weight is 503 g/mol. The van der Waals surface area contributed by atoms with Crippen molar-refractivity contribution in [1.29, 1.82) is 0 Å². The highest BCUT2D eigenvalue weighted by Crippen LogP contribution is 2.41. The van der Waals surface area contributed by atoms with Crippen molar-refractivity contribution in [2.45, 2.75) is 51.9 Å². The number of carbonyl (C=O) groups excluding carboxylic acids is 2. The maximum atomic E-state index is 13.6. The van der Waals surface area contributed by atoms with Gasteiger partial charge in [-0.3, -0.25) is 20.1 Å². The number of H-pyrrole nitrogens is 1. The molecule has 10 nitrogen and oxygen atoms in total. The van der Waals surface area contributed by atoms with Crippen molar-refractivity contribution in [3.05, 3.63) is 35.2 Å². The summed E-state index contributed by atoms with van der Waals surface area (Å²) in [4.78, 5) is 38.6. The Morgan fingerprint density at radius 2 is 2.00 bits per heavy atom. The molecule has 1 unspecified atom stereocenters. The van der Waals surface area contributed by atoms with E-state index in [1.165, 1.54) is 11.0 Å². The molecule has 2 aliphatic rings. The quantitative estimate of drug-likeness (QED) is 0.503. The summed E-state index contributed by atoms with van der Waals surface area (Å²) in [5.41, 5.74) is 2.46. The second-order valence-corrected chi connectivity index (χ2v) is 9.20. The predicted molar refractivity (Wildman–Crippen MR) is 127 cm³/mol. The number of amides is 3. The van der Waals surface area contributed by atoms with Crippen LogP contribution in [0.2, 0.25) is 0 Å². The minimum atomic E-state index is -4.59. The Kier molecular flexibility index (Phi) is 5.72.